The van der Waals surface area contributed by atoms with Crippen molar-refractivity contribution in [3.63, 3.8) is 0 Å². The highest BCUT2D eigenvalue weighted by atomic mass is 19.4. The molecule has 0 saturated heterocycles. The second-order valence-corrected chi connectivity index (χ2v) is 4.80. The van der Waals surface area contributed by atoms with Crippen LogP contribution in [0.5, 0.6) is 11.5 Å². The molecular formula is C17H15F3O3. The van der Waals surface area contributed by atoms with E-state index in [1.165, 1.54) is 12.1 Å². The molecular weight excluding hydrogens is 309 g/mol. The Morgan fingerprint density at radius 3 is 2.22 bits per heavy atom. The van der Waals surface area contributed by atoms with Crippen LogP contribution in [0.4, 0.5) is 13.2 Å². The predicted octanol–water partition coefficient (Wildman–Crippen LogP) is 4.85. The van der Waals surface area contributed by atoms with Crippen LogP contribution in [0, 0.1) is 0 Å². The maximum Gasteiger partial charge on any atom is 0.573 e. The standard InChI is InChI=1S/C17H15F3O3/c1-2-9-22-15-8-7-14(10-16(15)23-17(18,19)20)13-5-3-12(11-21)4-6-13/h3-8,10-11H,2,9H2,1H3. The van der Waals surface area contributed by atoms with Crippen molar-refractivity contribution in [2.75, 3.05) is 6.61 Å². The van der Waals surface area contributed by atoms with Crippen molar-refractivity contribution in [3.05, 3.63) is 48.0 Å². The number of hydrogen-bond donors (Lipinski definition) is 0. The topological polar surface area (TPSA) is 35.5 Å². The van der Waals surface area contributed by atoms with E-state index in [4.69, 9.17) is 4.74 Å². The Labute approximate surface area is 131 Å². The molecule has 0 aliphatic heterocycles. The van der Waals surface area contributed by atoms with Gasteiger partial charge in [-0.1, -0.05) is 37.3 Å². The molecule has 6 heteroatoms. The van der Waals surface area contributed by atoms with E-state index in [-0.39, 0.29) is 11.5 Å². The summed E-state index contributed by atoms with van der Waals surface area (Å²) in [7, 11) is 0. The summed E-state index contributed by atoms with van der Waals surface area (Å²) < 4.78 is 47.0. The first-order valence-electron chi connectivity index (χ1n) is 7.01. The van der Waals surface area contributed by atoms with Crippen molar-refractivity contribution in [3.8, 4) is 22.6 Å². The zero-order valence-corrected chi connectivity index (χ0v) is 12.4. The van der Waals surface area contributed by atoms with E-state index < -0.39 is 6.36 Å². The number of ether oxygens (including phenoxy) is 2. The Kier molecular flexibility index (Phi) is 5.26. The molecule has 0 N–H and O–H groups in total. The Morgan fingerprint density at radius 1 is 1.00 bits per heavy atom. The second-order valence-electron chi connectivity index (χ2n) is 4.80. The molecule has 122 valence electrons. The van der Waals surface area contributed by atoms with Gasteiger partial charge in [0.1, 0.15) is 6.29 Å². The predicted molar refractivity (Wildman–Crippen MR) is 79.7 cm³/mol. The molecule has 0 amide bonds. The number of alkyl halides is 3. The first kappa shape index (κ1) is 16.9. The van der Waals surface area contributed by atoms with Crippen LogP contribution in [-0.4, -0.2) is 19.3 Å². The second kappa shape index (κ2) is 7.17. The molecule has 0 saturated carbocycles. The zero-order chi connectivity index (χ0) is 16.9. The number of carbonyl (C=O) groups excluding carboxylic acids is 1. The van der Waals surface area contributed by atoms with Gasteiger partial charge in [-0.3, -0.25) is 4.79 Å². The minimum absolute atomic E-state index is 0.0393. The number of hydrogen-bond acceptors (Lipinski definition) is 3. The summed E-state index contributed by atoms with van der Waals surface area (Å²) in [5.41, 5.74) is 1.69. The maximum atomic E-state index is 12.6. The van der Waals surface area contributed by atoms with Gasteiger partial charge in [0.15, 0.2) is 11.5 Å². The fourth-order valence-electron chi connectivity index (χ4n) is 1.98. The number of carbonyl (C=O) groups is 1. The number of benzene rings is 2. The average molecular weight is 324 g/mol. The van der Waals surface area contributed by atoms with Crippen molar-refractivity contribution in [1.82, 2.24) is 0 Å². The van der Waals surface area contributed by atoms with Gasteiger partial charge in [0.2, 0.25) is 0 Å². The van der Waals surface area contributed by atoms with Crippen LogP contribution in [0.15, 0.2) is 42.5 Å². The van der Waals surface area contributed by atoms with Gasteiger partial charge >= 0.3 is 6.36 Å². The van der Waals surface area contributed by atoms with Crippen LogP contribution in [0.3, 0.4) is 0 Å². The number of aldehydes is 1. The lowest BCUT2D eigenvalue weighted by Crippen LogP contribution is -2.18. The molecule has 3 nitrogen and oxygen atoms in total. The van der Waals surface area contributed by atoms with E-state index in [2.05, 4.69) is 4.74 Å². The molecule has 0 radical (unpaired) electrons. The van der Waals surface area contributed by atoms with Crippen LogP contribution >= 0.6 is 0 Å². The summed E-state index contributed by atoms with van der Waals surface area (Å²) >= 11 is 0. The van der Waals surface area contributed by atoms with Crippen molar-refractivity contribution in [2.24, 2.45) is 0 Å². The third kappa shape index (κ3) is 4.74. The van der Waals surface area contributed by atoms with Crippen molar-refractivity contribution >= 4 is 6.29 Å². The molecule has 0 spiro atoms. The molecule has 0 aliphatic rings. The van der Waals surface area contributed by atoms with Gasteiger partial charge in [-0.2, -0.15) is 0 Å². The SMILES string of the molecule is CCCOc1ccc(-c2ccc(C=O)cc2)cc1OC(F)(F)F. The molecule has 0 fully saturated rings. The normalized spacial score (nSPS) is 11.1. The minimum atomic E-state index is -4.80. The van der Waals surface area contributed by atoms with E-state index in [0.717, 1.165) is 0 Å². The molecule has 0 aliphatic carbocycles. The molecule has 2 rings (SSSR count). The van der Waals surface area contributed by atoms with Crippen molar-refractivity contribution in [2.45, 2.75) is 19.7 Å². The molecule has 2 aromatic carbocycles. The summed E-state index contributed by atoms with van der Waals surface area (Å²) in [6, 6.07) is 10.9. The van der Waals surface area contributed by atoms with Crippen LogP contribution in [0.25, 0.3) is 11.1 Å². The van der Waals surface area contributed by atoms with Crippen LogP contribution in [0.1, 0.15) is 23.7 Å². The maximum absolute atomic E-state index is 12.6. The zero-order valence-electron chi connectivity index (χ0n) is 12.4. The highest BCUT2D eigenvalue weighted by Gasteiger charge is 2.32. The monoisotopic (exact) mass is 324 g/mol. The summed E-state index contributed by atoms with van der Waals surface area (Å²) in [5.74, 6) is -0.347. The lowest BCUT2D eigenvalue weighted by Gasteiger charge is -2.15. The summed E-state index contributed by atoms with van der Waals surface area (Å²) in [5, 5.41) is 0. The summed E-state index contributed by atoms with van der Waals surface area (Å²) in [6.07, 6.45) is -3.44. The van der Waals surface area contributed by atoms with Gasteiger partial charge in [0.05, 0.1) is 6.61 Å². The first-order valence-corrected chi connectivity index (χ1v) is 7.01. The third-order valence-electron chi connectivity index (χ3n) is 3.01. The van der Waals surface area contributed by atoms with Crippen LogP contribution < -0.4 is 9.47 Å². The molecule has 0 aromatic heterocycles. The minimum Gasteiger partial charge on any atom is -0.490 e. The third-order valence-corrected chi connectivity index (χ3v) is 3.01. The fraction of sp³-hybridized carbons (Fsp3) is 0.235. The number of rotatable bonds is 6. The van der Waals surface area contributed by atoms with Gasteiger partial charge in [0.25, 0.3) is 0 Å². The Morgan fingerprint density at radius 2 is 1.65 bits per heavy atom. The van der Waals surface area contributed by atoms with E-state index in [9.17, 15) is 18.0 Å². The molecule has 23 heavy (non-hydrogen) atoms. The highest BCUT2D eigenvalue weighted by molar-refractivity contribution is 5.77. The van der Waals surface area contributed by atoms with E-state index in [1.807, 2.05) is 6.92 Å². The summed E-state index contributed by atoms with van der Waals surface area (Å²) in [4.78, 5) is 10.6. The molecule has 0 unspecified atom stereocenters. The lowest BCUT2D eigenvalue weighted by atomic mass is 10.0. The van der Waals surface area contributed by atoms with Gasteiger partial charge in [-0.15, -0.1) is 13.2 Å². The van der Waals surface area contributed by atoms with Crippen molar-refractivity contribution < 1.29 is 27.4 Å². The highest BCUT2D eigenvalue weighted by Crippen LogP contribution is 2.36. The average Bonchev–Trinajstić information content (AvgIpc) is 2.52. The lowest BCUT2D eigenvalue weighted by molar-refractivity contribution is -0.275. The molecule has 0 bridgehead atoms. The van der Waals surface area contributed by atoms with E-state index in [1.54, 1.807) is 30.3 Å². The first-order chi connectivity index (χ1) is 10.9. The van der Waals surface area contributed by atoms with Gasteiger partial charge in [-0.05, 0) is 29.7 Å². The van der Waals surface area contributed by atoms with E-state index in [0.29, 0.717) is 36.0 Å². The smallest absolute Gasteiger partial charge is 0.490 e. The quantitative estimate of drug-likeness (QED) is 0.712. The Bertz CT molecular complexity index is 664. The Balaban J connectivity index is 2.36. The van der Waals surface area contributed by atoms with E-state index >= 15 is 0 Å². The Hall–Kier alpha value is -2.50. The summed E-state index contributed by atoms with van der Waals surface area (Å²) in [6.45, 7) is 2.15. The van der Waals surface area contributed by atoms with Crippen LogP contribution in [0.2, 0.25) is 0 Å². The molecule has 0 heterocycles. The van der Waals surface area contributed by atoms with Crippen molar-refractivity contribution in [1.29, 1.82) is 0 Å². The van der Waals surface area contributed by atoms with Crippen LogP contribution in [-0.2, 0) is 0 Å². The largest absolute Gasteiger partial charge is 0.573 e. The molecule has 2 aromatic rings. The number of halogens is 3. The van der Waals surface area contributed by atoms with Gasteiger partial charge < -0.3 is 9.47 Å². The fourth-order valence-corrected chi connectivity index (χ4v) is 1.98. The van der Waals surface area contributed by atoms with Gasteiger partial charge in [0, 0.05) is 5.56 Å². The molecule has 0 atom stereocenters. The van der Waals surface area contributed by atoms with Gasteiger partial charge in [-0.25, -0.2) is 0 Å².